The minimum Gasteiger partial charge on any atom is -0.326 e. The number of hydrogen-bond donors (Lipinski definition) is 1. The van der Waals surface area contributed by atoms with Gasteiger partial charge >= 0.3 is 0 Å². The quantitative estimate of drug-likeness (QED) is 0.877. The third-order valence-electron chi connectivity index (χ3n) is 3.52. The number of halogens is 1. The van der Waals surface area contributed by atoms with E-state index < -0.39 is 0 Å². The maximum atomic E-state index is 14.2. The van der Waals surface area contributed by atoms with Crippen LogP contribution in [-0.2, 0) is 19.4 Å². The van der Waals surface area contributed by atoms with E-state index in [0.717, 1.165) is 24.0 Å². The van der Waals surface area contributed by atoms with Crippen molar-refractivity contribution in [2.24, 2.45) is 5.73 Å². The highest BCUT2D eigenvalue weighted by Gasteiger charge is 2.10. The molecule has 1 nitrogen and oxygen atoms in total. The van der Waals surface area contributed by atoms with E-state index in [2.05, 4.69) is 32.0 Å². The predicted molar refractivity (Wildman–Crippen MR) is 78.5 cm³/mol. The fourth-order valence-electron chi connectivity index (χ4n) is 2.31. The molecule has 0 atom stereocenters. The Labute approximate surface area is 114 Å². The summed E-state index contributed by atoms with van der Waals surface area (Å²) in [5, 5.41) is 0. The highest BCUT2D eigenvalue weighted by molar-refractivity contribution is 5.69. The molecule has 2 rings (SSSR count). The Bertz CT molecular complexity index is 575. The number of nitrogens with two attached hydrogens (primary N) is 1. The lowest BCUT2D eigenvalue weighted by Crippen LogP contribution is -1.98. The van der Waals surface area contributed by atoms with E-state index in [4.69, 9.17) is 5.73 Å². The van der Waals surface area contributed by atoms with Crippen molar-refractivity contribution < 1.29 is 4.39 Å². The van der Waals surface area contributed by atoms with E-state index in [0.29, 0.717) is 12.1 Å². The monoisotopic (exact) mass is 257 g/mol. The molecular formula is C17H20FN. The van der Waals surface area contributed by atoms with Crippen LogP contribution in [0.25, 0.3) is 11.1 Å². The van der Waals surface area contributed by atoms with Gasteiger partial charge in [-0.1, -0.05) is 44.2 Å². The van der Waals surface area contributed by atoms with Gasteiger partial charge in [0, 0.05) is 12.1 Å². The van der Waals surface area contributed by atoms with Crippen LogP contribution in [0.15, 0.2) is 36.4 Å². The third-order valence-corrected chi connectivity index (χ3v) is 3.52. The summed E-state index contributed by atoms with van der Waals surface area (Å²) < 4.78 is 14.2. The van der Waals surface area contributed by atoms with Crippen molar-refractivity contribution in [2.75, 3.05) is 0 Å². The molecule has 19 heavy (non-hydrogen) atoms. The van der Waals surface area contributed by atoms with Crippen LogP contribution in [0.2, 0.25) is 0 Å². The van der Waals surface area contributed by atoms with Gasteiger partial charge in [0.25, 0.3) is 0 Å². The molecule has 2 aromatic rings. The van der Waals surface area contributed by atoms with Crippen molar-refractivity contribution in [1.29, 1.82) is 0 Å². The summed E-state index contributed by atoms with van der Waals surface area (Å²) in [6, 6.07) is 11.6. The van der Waals surface area contributed by atoms with Crippen molar-refractivity contribution in [3.63, 3.8) is 0 Å². The Balaban J connectivity index is 2.56. The summed E-state index contributed by atoms with van der Waals surface area (Å²) in [5.41, 5.74) is 10.4. The van der Waals surface area contributed by atoms with E-state index in [1.165, 1.54) is 17.2 Å². The molecule has 0 spiro atoms. The molecule has 0 aliphatic carbocycles. The molecule has 0 fully saturated rings. The van der Waals surface area contributed by atoms with Gasteiger partial charge in [-0.3, -0.25) is 0 Å². The fourth-order valence-corrected chi connectivity index (χ4v) is 2.31. The molecule has 0 unspecified atom stereocenters. The molecule has 0 amide bonds. The molecule has 100 valence electrons. The Morgan fingerprint density at radius 2 is 1.63 bits per heavy atom. The van der Waals surface area contributed by atoms with Crippen molar-refractivity contribution >= 4 is 0 Å². The van der Waals surface area contributed by atoms with E-state index in [1.54, 1.807) is 0 Å². The van der Waals surface area contributed by atoms with Crippen LogP contribution in [0, 0.1) is 5.82 Å². The second-order valence-electron chi connectivity index (χ2n) is 4.72. The van der Waals surface area contributed by atoms with Crippen molar-refractivity contribution in [2.45, 2.75) is 33.2 Å². The lowest BCUT2D eigenvalue weighted by Gasteiger charge is -2.12. The van der Waals surface area contributed by atoms with Crippen molar-refractivity contribution in [3.8, 4) is 11.1 Å². The number of rotatable bonds is 4. The molecule has 0 aliphatic heterocycles. The minimum atomic E-state index is -0.189. The molecule has 0 saturated carbocycles. The maximum absolute atomic E-state index is 14.2. The van der Waals surface area contributed by atoms with Crippen LogP contribution in [0.1, 0.15) is 30.5 Å². The Morgan fingerprint density at radius 3 is 2.21 bits per heavy atom. The second kappa shape index (κ2) is 5.98. The molecule has 0 saturated heterocycles. The number of hydrogen-bond acceptors (Lipinski definition) is 1. The van der Waals surface area contributed by atoms with Gasteiger partial charge in [-0.2, -0.15) is 0 Å². The van der Waals surface area contributed by atoms with Gasteiger partial charge in [-0.05, 0) is 41.2 Å². The van der Waals surface area contributed by atoms with E-state index in [1.807, 2.05) is 12.1 Å². The zero-order chi connectivity index (χ0) is 13.8. The summed E-state index contributed by atoms with van der Waals surface area (Å²) in [5.74, 6) is -0.189. The van der Waals surface area contributed by atoms with Crippen LogP contribution < -0.4 is 5.73 Å². The first-order valence-corrected chi connectivity index (χ1v) is 6.80. The predicted octanol–water partition coefficient (Wildman–Crippen LogP) is 4.08. The molecule has 0 radical (unpaired) electrons. The van der Waals surface area contributed by atoms with Crippen LogP contribution in [-0.4, -0.2) is 0 Å². The Hall–Kier alpha value is -1.67. The third kappa shape index (κ3) is 2.85. The summed E-state index contributed by atoms with van der Waals surface area (Å²) >= 11 is 0. The van der Waals surface area contributed by atoms with Crippen molar-refractivity contribution in [1.82, 2.24) is 0 Å². The zero-order valence-corrected chi connectivity index (χ0v) is 11.5. The Morgan fingerprint density at radius 1 is 0.895 bits per heavy atom. The van der Waals surface area contributed by atoms with E-state index >= 15 is 0 Å². The highest BCUT2D eigenvalue weighted by atomic mass is 19.1. The number of aryl methyl sites for hydroxylation is 2. The van der Waals surface area contributed by atoms with Crippen LogP contribution >= 0.6 is 0 Å². The van der Waals surface area contributed by atoms with E-state index in [-0.39, 0.29) is 5.82 Å². The van der Waals surface area contributed by atoms with Crippen molar-refractivity contribution in [3.05, 3.63) is 58.9 Å². The molecule has 2 N–H and O–H groups in total. The van der Waals surface area contributed by atoms with Gasteiger partial charge in [0.1, 0.15) is 5.82 Å². The largest absolute Gasteiger partial charge is 0.326 e. The molecule has 2 aromatic carbocycles. The summed E-state index contributed by atoms with van der Waals surface area (Å²) in [7, 11) is 0. The first-order chi connectivity index (χ1) is 9.19. The minimum absolute atomic E-state index is 0.189. The van der Waals surface area contributed by atoms with Gasteiger partial charge in [-0.15, -0.1) is 0 Å². The first-order valence-electron chi connectivity index (χ1n) is 6.80. The second-order valence-corrected chi connectivity index (χ2v) is 4.72. The summed E-state index contributed by atoms with van der Waals surface area (Å²) in [6.07, 6.45) is 1.86. The average molecular weight is 257 g/mol. The first kappa shape index (κ1) is 13.8. The molecule has 2 heteroatoms. The van der Waals surface area contributed by atoms with Gasteiger partial charge in [-0.25, -0.2) is 4.39 Å². The van der Waals surface area contributed by atoms with Crippen LogP contribution in [0.4, 0.5) is 4.39 Å². The van der Waals surface area contributed by atoms with Crippen LogP contribution in [0.5, 0.6) is 0 Å². The molecule has 0 aliphatic rings. The van der Waals surface area contributed by atoms with Gasteiger partial charge in [0.15, 0.2) is 0 Å². The normalized spacial score (nSPS) is 10.7. The van der Waals surface area contributed by atoms with Crippen LogP contribution in [0.3, 0.4) is 0 Å². The molecule has 0 bridgehead atoms. The van der Waals surface area contributed by atoms with Gasteiger partial charge in [0.2, 0.25) is 0 Å². The summed E-state index contributed by atoms with van der Waals surface area (Å²) in [6.45, 7) is 4.57. The SMILES string of the molecule is CCc1ccc(CC)c(-c2ccc(CN)cc2F)c1. The highest BCUT2D eigenvalue weighted by Crippen LogP contribution is 2.28. The fraction of sp³-hybridized carbons (Fsp3) is 0.294. The maximum Gasteiger partial charge on any atom is 0.131 e. The van der Waals surface area contributed by atoms with E-state index in [9.17, 15) is 4.39 Å². The summed E-state index contributed by atoms with van der Waals surface area (Å²) in [4.78, 5) is 0. The molecule has 0 heterocycles. The topological polar surface area (TPSA) is 26.0 Å². The average Bonchev–Trinajstić information content (AvgIpc) is 2.46. The smallest absolute Gasteiger partial charge is 0.131 e. The Kier molecular flexibility index (Phi) is 4.33. The van der Waals surface area contributed by atoms with Gasteiger partial charge < -0.3 is 5.73 Å². The van der Waals surface area contributed by atoms with Gasteiger partial charge in [0.05, 0.1) is 0 Å². The standard InChI is InChI=1S/C17H20FN/c1-3-12-5-7-14(4-2)16(9-12)15-8-6-13(11-19)10-17(15)18/h5-10H,3-4,11,19H2,1-2H3. The number of benzene rings is 2. The molecule has 0 aromatic heterocycles. The lowest BCUT2D eigenvalue weighted by atomic mass is 9.94. The zero-order valence-electron chi connectivity index (χ0n) is 11.5. The molecular weight excluding hydrogens is 237 g/mol. The lowest BCUT2D eigenvalue weighted by molar-refractivity contribution is 0.628.